The predicted molar refractivity (Wildman–Crippen MR) is 85.1 cm³/mol. The number of benzene rings is 1. The van der Waals surface area contributed by atoms with Crippen molar-refractivity contribution in [2.24, 2.45) is 0 Å². The van der Waals surface area contributed by atoms with Gasteiger partial charge in [0.1, 0.15) is 5.82 Å². The van der Waals surface area contributed by atoms with Gasteiger partial charge in [0.05, 0.1) is 6.61 Å². The maximum absolute atomic E-state index is 14.3. The summed E-state index contributed by atoms with van der Waals surface area (Å²) < 4.78 is 14.3. The van der Waals surface area contributed by atoms with Gasteiger partial charge in [-0.2, -0.15) is 0 Å². The van der Waals surface area contributed by atoms with E-state index in [1.807, 2.05) is 6.07 Å². The highest BCUT2D eigenvalue weighted by Crippen LogP contribution is 2.32. The number of rotatable bonds is 6. The monoisotopic (exact) mass is 294 g/mol. The molecule has 21 heavy (non-hydrogen) atoms. The van der Waals surface area contributed by atoms with E-state index in [2.05, 4.69) is 31.0 Å². The number of nitrogens with zero attached hydrogens (tertiary/aromatic N) is 1. The minimum atomic E-state index is -0.175. The van der Waals surface area contributed by atoms with Crippen molar-refractivity contribution in [3.8, 4) is 0 Å². The Morgan fingerprint density at radius 2 is 2.05 bits per heavy atom. The third kappa shape index (κ3) is 4.17. The lowest BCUT2D eigenvalue weighted by molar-refractivity contribution is 0.283. The van der Waals surface area contributed by atoms with Crippen molar-refractivity contribution in [3.63, 3.8) is 0 Å². The van der Waals surface area contributed by atoms with Crippen LogP contribution in [0.5, 0.6) is 0 Å². The zero-order valence-electron chi connectivity index (χ0n) is 13.3. The van der Waals surface area contributed by atoms with Crippen molar-refractivity contribution in [3.05, 3.63) is 29.6 Å². The molecule has 0 unspecified atom stereocenters. The SMILES string of the molecule is CC(C)(C)NCc1c(F)cccc1N(CCO)C1CCC1. The Labute approximate surface area is 127 Å². The van der Waals surface area contributed by atoms with Crippen molar-refractivity contribution >= 4 is 5.69 Å². The Morgan fingerprint density at radius 1 is 1.33 bits per heavy atom. The van der Waals surface area contributed by atoms with Crippen molar-refractivity contribution in [1.29, 1.82) is 0 Å². The Balaban J connectivity index is 2.25. The van der Waals surface area contributed by atoms with Crippen LogP contribution in [0.1, 0.15) is 45.6 Å². The molecule has 2 rings (SSSR count). The molecular weight excluding hydrogens is 267 g/mol. The molecule has 1 aliphatic carbocycles. The number of aliphatic hydroxyl groups excluding tert-OH is 1. The summed E-state index contributed by atoms with van der Waals surface area (Å²) in [6.07, 6.45) is 3.47. The zero-order chi connectivity index (χ0) is 15.5. The summed E-state index contributed by atoms with van der Waals surface area (Å²) in [5.74, 6) is -0.175. The molecule has 0 spiro atoms. The van der Waals surface area contributed by atoms with Crippen LogP contribution in [0, 0.1) is 5.82 Å². The van der Waals surface area contributed by atoms with Crippen molar-refractivity contribution < 1.29 is 9.50 Å². The molecule has 0 aromatic heterocycles. The van der Waals surface area contributed by atoms with Crippen molar-refractivity contribution in [1.82, 2.24) is 5.32 Å². The van der Waals surface area contributed by atoms with Gasteiger partial charge in [0.15, 0.2) is 0 Å². The number of halogens is 1. The maximum atomic E-state index is 14.3. The molecule has 4 heteroatoms. The highest BCUT2D eigenvalue weighted by Gasteiger charge is 2.27. The molecule has 0 saturated heterocycles. The van der Waals surface area contributed by atoms with E-state index >= 15 is 0 Å². The Hall–Kier alpha value is -1.13. The number of hydrogen-bond donors (Lipinski definition) is 2. The summed E-state index contributed by atoms with van der Waals surface area (Å²) >= 11 is 0. The maximum Gasteiger partial charge on any atom is 0.129 e. The summed E-state index contributed by atoms with van der Waals surface area (Å²) in [6, 6.07) is 5.68. The number of hydrogen-bond acceptors (Lipinski definition) is 3. The molecule has 0 aliphatic heterocycles. The molecule has 0 bridgehead atoms. The second-order valence-electron chi connectivity index (χ2n) is 6.84. The van der Waals surface area contributed by atoms with Gasteiger partial charge in [-0.1, -0.05) is 6.07 Å². The summed E-state index contributed by atoms with van der Waals surface area (Å²) in [5, 5.41) is 12.7. The molecule has 1 saturated carbocycles. The van der Waals surface area contributed by atoms with E-state index in [-0.39, 0.29) is 18.0 Å². The van der Waals surface area contributed by atoms with Gasteiger partial charge in [-0.25, -0.2) is 4.39 Å². The van der Waals surface area contributed by atoms with Gasteiger partial charge >= 0.3 is 0 Å². The van der Waals surface area contributed by atoms with Gasteiger partial charge in [-0.05, 0) is 52.2 Å². The first kappa shape index (κ1) is 16.2. The molecule has 0 amide bonds. The smallest absolute Gasteiger partial charge is 0.129 e. The van der Waals surface area contributed by atoms with Crippen LogP contribution in [0.15, 0.2) is 18.2 Å². The zero-order valence-corrected chi connectivity index (χ0v) is 13.3. The van der Waals surface area contributed by atoms with E-state index in [9.17, 15) is 9.50 Å². The first-order valence-corrected chi connectivity index (χ1v) is 7.82. The molecule has 1 aliphatic rings. The largest absolute Gasteiger partial charge is 0.395 e. The molecule has 1 aromatic carbocycles. The lowest BCUT2D eigenvalue weighted by Crippen LogP contribution is -2.43. The first-order chi connectivity index (χ1) is 9.92. The Bertz CT molecular complexity index is 466. The quantitative estimate of drug-likeness (QED) is 0.846. The number of nitrogens with one attached hydrogen (secondary N) is 1. The van der Waals surface area contributed by atoms with Crippen LogP contribution >= 0.6 is 0 Å². The topological polar surface area (TPSA) is 35.5 Å². The van der Waals surface area contributed by atoms with E-state index in [1.165, 1.54) is 12.5 Å². The first-order valence-electron chi connectivity index (χ1n) is 7.82. The normalized spacial score (nSPS) is 15.9. The third-order valence-electron chi connectivity index (χ3n) is 4.06. The van der Waals surface area contributed by atoms with Crippen LogP contribution in [0.4, 0.5) is 10.1 Å². The van der Waals surface area contributed by atoms with Gasteiger partial charge in [0.2, 0.25) is 0 Å². The third-order valence-corrected chi connectivity index (χ3v) is 4.06. The summed E-state index contributed by atoms with van der Waals surface area (Å²) in [7, 11) is 0. The summed E-state index contributed by atoms with van der Waals surface area (Å²) in [5.41, 5.74) is 1.57. The minimum Gasteiger partial charge on any atom is -0.395 e. The lowest BCUT2D eigenvalue weighted by Gasteiger charge is -2.40. The van der Waals surface area contributed by atoms with E-state index in [4.69, 9.17) is 0 Å². The fourth-order valence-electron chi connectivity index (χ4n) is 2.65. The van der Waals surface area contributed by atoms with Crippen molar-refractivity contribution in [2.45, 2.75) is 58.2 Å². The molecular formula is C17H27FN2O. The number of anilines is 1. The van der Waals surface area contributed by atoms with E-state index < -0.39 is 0 Å². The molecule has 0 atom stereocenters. The van der Waals surface area contributed by atoms with E-state index in [1.54, 1.807) is 6.07 Å². The fourth-order valence-corrected chi connectivity index (χ4v) is 2.65. The number of aliphatic hydroxyl groups is 1. The average Bonchev–Trinajstić information content (AvgIpc) is 2.33. The summed E-state index contributed by atoms with van der Waals surface area (Å²) in [4.78, 5) is 2.17. The molecule has 2 N–H and O–H groups in total. The van der Waals surface area contributed by atoms with Crippen LogP contribution in [0.3, 0.4) is 0 Å². The minimum absolute atomic E-state index is 0.0577. The van der Waals surface area contributed by atoms with Crippen molar-refractivity contribution in [2.75, 3.05) is 18.1 Å². The Morgan fingerprint density at radius 3 is 2.57 bits per heavy atom. The van der Waals surface area contributed by atoms with Crippen LogP contribution in [0.25, 0.3) is 0 Å². The van der Waals surface area contributed by atoms with Gasteiger partial charge in [-0.3, -0.25) is 0 Å². The molecule has 1 fully saturated rings. The Kier molecular flexibility index (Phi) is 5.22. The highest BCUT2D eigenvalue weighted by molar-refractivity contribution is 5.55. The summed E-state index contributed by atoms with van der Waals surface area (Å²) in [6.45, 7) is 7.39. The molecule has 1 aromatic rings. The second kappa shape index (κ2) is 6.75. The molecule has 118 valence electrons. The van der Waals surface area contributed by atoms with Gasteiger partial charge in [0, 0.05) is 35.9 Å². The van der Waals surface area contributed by atoms with Crippen LogP contribution in [0.2, 0.25) is 0 Å². The molecule has 0 radical (unpaired) electrons. The fraction of sp³-hybridized carbons (Fsp3) is 0.647. The average molecular weight is 294 g/mol. The second-order valence-corrected chi connectivity index (χ2v) is 6.84. The van der Waals surface area contributed by atoms with Gasteiger partial charge in [0.25, 0.3) is 0 Å². The van der Waals surface area contributed by atoms with Gasteiger partial charge < -0.3 is 15.3 Å². The van der Waals surface area contributed by atoms with E-state index in [0.29, 0.717) is 24.7 Å². The van der Waals surface area contributed by atoms with E-state index in [0.717, 1.165) is 18.5 Å². The standard InChI is InChI=1S/C17H27FN2O/c1-17(2,3)19-12-14-15(18)8-5-9-16(14)20(10-11-21)13-6-4-7-13/h5,8-9,13,19,21H,4,6-7,10-12H2,1-3H3. The highest BCUT2D eigenvalue weighted by atomic mass is 19.1. The lowest BCUT2D eigenvalue weighted by atomic mass is 9.90. The molecule has 3 nitrogen and oxygen atoms in total. The van der Waals surface area contributed by atoms with Crippen LogP contribution in [-0.2, 0) is 6.54 Å². The predicted octanol–water partition coefficient (Wildman–Crippen LogP) is 3.07. The van der Waals surface area contributed by atoms with Crippen LogP contribution < -0.4 is 10.2 Å². The molecule has 0 heterocycles. The van der Waals surface area contributed by atoms with Gasteiger partial charge in [-0.15, -0.1) is 0 Å². The van der Waals surface area contributed by atoms with Crippen LogP contribution in [-0.4, -0.2) is 29.8 Å².